The first-order chi connectivity index (χ1) is 19.3. The Hall–Kier alpha value is -4.64. The second-order valence-electron chi connectivity index (χ2n) is 10.2. The van der Waals surface area contributed by atoms with Gasteiger partial charge < -0.3 is 20.9 Å². The molecule has 0 saturated carbocycles. The van der Waals surface area contributed by atoms with Gasteiger partial charge in [0.25, 0.3) is 5.91 Å². The lowest BCUT2D eigenvalue weighted by molar-refractivity contribution is -0.127. The van der Waals surface area contributed by atoms with Crippen molar-refractivity contribution in [2.45, 2.75) is 25.8 Å². The van der Waals surface area contributed by atoms with Crippen molar-refractivity contribution in [2.24, 2.45) is 0 Å². The van der Waals surface area contributed by atoms with Crippen molar-refractivity contribution < 1.29 is 9.59 Å². The maximum atomic E-state index is 12.8. The molecule has 3 N–H and O–H groups in total. The van der Waals surface area contributed by atoms with E-state index in [2.05, 4.69) is 20.3 Å². The van der Waals surface area contributed by atoms with E-state index < -0.39 is 0 Å². The molecular weight excluding hydrogens is 506 g/mol. The third-order valence-electron chi connectivity index (χ3n) is 6.88. The molecular formula is C29H33N9O2. The Labute approximate surface area is 232 Å². The molecule has 4 aromatic rings. The van der Waals surface area contributed by atoms with Crippen molar-refractivity contribution in [3.63, 3.8) is 0 Å². The van der Waals surface area contributed by atoms with Crippen molar-refractivity contribution in [1.82, 2.24) is 34.5 Å². The van der Waals surface area contributed by atoms with Gasteiger partial charge in [-0.15, -0.1) is 0 Å². The number of anilines is 2. The number of fused-ring (bicyclic) bond motifs is 1. The molecule has 1 fully saturated rings. The highest BCUT2D eigenvalue weighted by atomic mass is 16.2. The summed E-state index contributed by atoms with van der Waals surface area (Å²) in [5, 5.41) is 8.41. The first-order valence-electron chi connectivity index (χ1n) is 13.2. The van der Waals surface area contributed by atoms with Gasteiger partial charge in [0, 0.05) is 43.0 Å². The van der Waals surface area contributed by atoms with Crippen LogP contribution in [0.4, 0.5) is 11.6 Å². The smallest absolute Gasteiger partial charge is 0.256 e. The molecule has 40 heavy (non-hydrogen) atoms. The molecule has 5 rings (SSSR count). The molecule has 11 heteroatoms. The Balaban J connectivity index is 1.40. The van der Waals surface area contributed by atoms with E-state index in [1.165, 1.54) is 6.33 Å². The number of carbonyl (C=O) groups is 2. The van der Waals surface area contributed by atoms with Gasteiger partial charge in [0.15, 0.2) is 5.65 Å². The van der Waals surface area contributed by atoms with Crippen molar-refractivity contribution in [3.8, 4) is 11.3 Å². The molecule has 0 spiro atoms. The van der Waals surface area contributed by atoms with Crippen molar-refractivity contribution in [2.75, 3.05) is 44.8 Å². The Morgan fingerprint density at radius 1 is 1.15 bits per heavy atom. The standard InChI is InChI=1S/C29H33N9O2/c1-19-12-13-31-23(16-19)34-29(40)21-10-8-20(9-11-21)26-25-27(30)32-18-33-28(25)38(35-26)22-6-4-15-37(17-22)24(39)7-5-14-36(2)3/h5,7-13,16,18,22H,4,6,14-15,17H2,1-3H3,(H2,30,32,33)(H,31,34,40)/b7-5+/t22-/m1/s1. The predicted molar refractivity (Wildman–Crippen MR) is 155 cm³/mol. The van der Waals surface area contributed by atoms with E-state index in [0.717, 1.165) is 24.0 Å². The summed E-state index contributed by atoms with van der Waals surface area (Å²) in [6, 6.07) is 10.8. The molecule has 0 bridgehead atoms. The Kier molecular flexibility index (Phi) is 7.83. The normalized spacial score (nSPS) is 15.7. The van der Waals surface area contributed by atoms with Crippen LogP contribution >= 0.6 is 0 Å². The topological polar surface area (TPSA) is 135 Å². The van der Waals surface area contributed by atoms with Crippen LogP contribution in [0.25, 0.3) is 22.3 Å². The molecule has 0 radical (unpaired) electrons. The van der Waals surface area contributed by atoms with Gasteiger partial charge >= 0.3 is 0 Å². The largest absolute Gasteiger partial charge is 0.383 e. The van der Waals surface area contributed by atoms with Crippen LogP contribution in [0.1, 0.15) is 34.8 Å². The number of hydrogen-bond donors (Lipinski definition) is 2. The van der Waals surface area contributed by atoms with Gasteiger partial charge in [0.1, 0.15) is 23.7 Å². The number of piperidine rings is 1. The van der Waals surface area contributed by atoms with Crippen LogP contribution in [0.5, 0.6) is 0 Å². The highest BCUT2D eigenvalue weighted by Crippen LogP contribution is 2.34. The zero-order valence-electron chi connectivity index (χ0n) is 22.9. The van der Waals surface area contributed by atoms with E-state index in [1.54, 1.807) is 24.4 Å². The van der Waals surface area contributed by atoms with Gasteiger partial charge in [-0.3, -0.25) is 9.59 Å². The molecule has 0 aliphatic carbocycles. The fraction of sp³-hybridized carbons (Fsp3) is 0.310. The number of likely N-dealkylation sites (N-methyl/N-ethyl adjacent to an activating group) is 1. The number of carbonyl (C=O) groups excluding carboxylic acids is 2. The summed E-state index contributed by atoms with van der Waals surface area (Å²) in [6.07, 6.45) is 8.32. The van der Waals surface area contributed by atoms with Crippen molar-refractivity contribution in [3.05, 3.63) is 72.2 Å². The van der Waals surface area contributed by atoms with Crippen LogP contribution in [0.2, 0.25) is 0 Å². The summed E-state index contributed by atoms with van der Waals surface area (Å²) in [5.74, 6) is 0.562. The van der Waals surface area contributed by atoms with E-state index in [0.29, 0.717) is 53.6 Å². The molecule has 1 atom stereocenters. The van der Waals surface area contributed by atoms with Crippen molar-refractivity contribution >= 4 is 34.5 Å². The predicted octanol–water partition coefficient (Wildman–Crippen LogP) is 3.31. The average Bonchev–Trinajstić information content (AvgIpc) is 3.34. The average molecular weight is 540 g/mol. The number of benzene rings is 1. The molecule has 0 unspecified atom stereocenters. The number of likely N-dealkylation sites (tertiary alicyclic amines) is 1. The maximum Gasteiger partial charge on any atom is 0.256 e. The number of amides is 2. The number of nitrogens with zero attached hydrogens (tertiary/aromatic N) is 7. The summed E-state index contributed by atoms with van der Waals surface area (Å²) < 4.78 is 1.87. The van der Waals surface area contributed by atoms with E-state index in [4.69, 9.17) is 10.8 Å². The van der Waals surface area contributed by atoms with Gasteiger partial charge in [-0.25, -0.2) is 19.6 Å². The van der Waals surface area contributed by atoms with Crippen LogP contribution in [-0.4, -0.2) is 80.1 Å². The molecule has 11 nitrogen and oxygen atoms in total. The minimum atomic E-state index is -0.255. The lowest BCUT2D eigenvalue weighted by Gasteiger charge is -2.32. The van der Waals surface area contributed by atoms with Gasteiger partial charge in [0.05, 0.1) is 11.4 Å². The summed E-state index contributed by atoms with van der Waals surface area (Å²) in [5.41, 5.74) is 9.85. The third kappa shape index (κ3) is 5.84. The summed E-state index contributed by atoms with van der Waals surface area (Å²) in [6.45, 7) is 3.87. The van der Waals surface area contributed by atoms with Gasteiger partial charge in [0.2, 0.25) is 5.91 Å². The first-order valence-corrected chi connectivity index (χ1v) is 13.2. The first kappa shape index (κ1) is 26.9. The minimum absolute atomic E-state index is 0.00731. The Morgan fingerprint density at radius 2 is 1.95 bits per heavy atom. The molecule has 1 aliphatic rings. The second-order valence-corrected chi connectivity index (χ2v) is 10.2. The van der Waals surface area contributed by atoms with Gasteiger partial charge in [-0.2, -0.15) is 5.10 Å². The highest BCUT2D eigenvalue weighted by molar-refractivity contribution is 6.04. The molecule has 1 aromatic carbocycles. The van der Waals surface area contributed by atoms with Crippen LogP contribution in [0.3, 0.4) is 0 Å². The van der Waals surface area contributed by atoms with E-state index in [1.807, 2.05) is 65.8 Å². The van der Waals surface area contributed by atoms with E-state index in [-0.39, 0.29) is 17.9 Å². The number of nitrogens with one attached hydrogen (secondary N) is 1. The minimum Gasteiger partial charge on any atom is -0.383 e. The summed E-state index contributed by atoms with van der Waals surface area (Å²) >= 11 is 0. The SMILES string of the molecule is Cc1ccnc(NC(=O)c2ccc(-c3nn([C@@H]4CCCN(C(=O)/C=C/CN(C)C)C4)c4ncnc(N)c34)cc2)c1. The van der Waals surface area contributed by atoms with E-state index >= 15 is 0 Å². The van der Waals surface area contributed by atoms with Crippen LogP contribution < -0.4 is 11.1 Å². The lowest BCUT2D eigenvalue weighted by atomic mass is 10.1. The molecule has 2 amide bonds. The Morgan fingerprint density at radius 3 is 2.70 bits per heavy atom. The number of hydrogen-bond acceptors (Lipinski definition) is 8. The number of nitrogens with two attached hydrogens (primary N) is 1. The van der Waals surface area contributed by atoms with Crippen molar-refractivity contribution in [1.29, 1.82) is 0 Å². The van der Waals surface area contributed by atoms with Gasteiger partial charge in [-0.05, 0) is 63.7 Å². The highest BCUT2D eigenvalue weighted by Gasteiger charge is 2.28. The van der Waals surface area contributed by atoms with E-state index in [9.17, 15) is 9.59 Å². The fourth-order valence-corrected chi connectivity index (χ4v) is 4.85. The monoisotopic (exact) mass is 539 g/mol. The Bertz CT molecular complexity index is 1560. The number of pyridine rings is 1. The number of aryl methyl sites for hydroxylation is 1. The lowest BCUT2D eigenvalue weighted by Crippen LogP contribution is -2.40. The second kappa shape index (κ2) is 11.6. The molecule has 4 heterocycles. The molecule has 206 valence electrons. The number of aromatic nitrogens is 5. The third-order valence-corrected chi connectivity index (χ3v) is 6.88. The molecule has 3 aromatic heterocycles. The quantitative estimate of drug-likeness (QED) is 0.342. The van der Waals surface area contributed by atoms with Crippen LogP contribution in [-0.2, 0) is 4.79 Å². The maximum absolute atomic E-state index is 12.8. The zero-order valence-corrected chi connectivity index (χ0v) is 22.9. The van der Waals surface area contributed by atoms with Crippen LogP contribution in [0, 0.1) is 6.92 Å². The zero-order chi connectivity index (χ0) is 28.2. The number of rotatable bonds is 7. The molecule has 1 saturated heterocycles. The molecule has 1 aliphatic heterocycles. The fourth-order valence-electron chi connectivity index (χ4n) is 4.85. The summed E-state index contributed by atoms with van der Waals surface area (Å²) in [4.78, 5) is 42.4. The van der Waals surface area contributed by atoms with Crippen LogP contribution in [0.15, 0.2) is 61.1 Å². The number of nitrogen functional groups attached to an aromatic ring is 1. The summed E-state index contributed by atoms with van der Waals surface area (Å²) in [7, 11) is 3.93. The van der Waals surface area contributed by atoms with Gasteiger partial charge in [-0.1, -0.05) is 18.2 Å².